The Hall–Kier alpha value is -2.85. The van der Waals surface area contributed by atoms with Gasteiger partial charge in [-0.2, -0.15) is 4.31 Å². The number of esters is 1. The van der Waals surface area contributed by atoms with Crippen LogP contribution in [0.15, 0.2) is 45.9 Å². The number of benzene rings is 1. The lowest BCUT2D eigenvalue weighted by atomic mass is 10.2. The molecule has 1 aliphatic rings. The van der Waals surface area contributed by atoms with Crippen molar-refractivity contribution < 1.29 is 31.9 Å². The molecule has 9 nitrogen and oxygen atoms in total. The van der Waals surface area contributed by atoms with E-state index in [-0.39, 0.29) is 22.1 Å². The average Bonchev–Trinajstić information content (AvgIpc) is 3.27. The zero-order valence-electron chi connectivity index (χ0n) is 15.9. The van der Waals surface area contributed by atoms with Gasteiger partial charge in [0, 0.05) is 18.8 Å². The number of ether oxygens (including phenoxy) is 2. The zero-order chi connectivity index (χ0) is 20.9. The standard InChI is InChI=1S/C19H22N2O7S/c1-26-15-8-7-14(12-17(15)29(24,25)21-9-3-2-4-10-21)20-18(22)13-28-19(23)16-6-5-11-27-16/h5-8,11-12H,2-4,9-10,13H2,1H3,(H,20,22). The largest absolute Gasteiger partial charge is 0.495 e. The summed E-state index contributed by atoms with van der Waals surface area (Å²) in [5.41, 5.74) is 0.250. The summed E-state index contributed by atoms with van der Waals surface area (Å²) in [6.07, 6.45) is 3.92. The van der Waals surface area contributed by atoms with Crippen LogP contribution in [0.5, 0.6) is 5.75 Å². The summed E-state index contributed by atoms with van der Waals surface area (Å²) >= 11 is 0. The molecule has 1 N–H and O–H groups in total. The Morgan fingerprint density at radius 1 is 1.17 bits per heavy atom. The Morgan fingerprint density at radius 3 is 2.59 bits per heavy atom. The van der Waals surface area contributed by atoms with Gasteiger partial charge < -0.3 is 19.2 Å². The van der Waals surface area contributed by atoms with Gasteiger partial charge in [0.05, 0.1) is 13.4 Å². The van der Waals surface area contributed by atoms with Crippen LogP contribution in [-0.4, -0.2) is 51.4 Å². The quantitative estimate of drug-likeness (QED) is 0.681. The number of sulfonamides is 1. The van der Waals surface area contributed by atoms with E-state index in [2.05, 4.69) is 5.32 Å². The third kappa shape index (κ3) is 4.96. The molecule has 0 atom stereocenters. The van der Waals surface area contributed by atoms with Crippen molar-refractivity contribution >= 4 is 27.6 Å². The van der Waals surface area contributed by atoms with Gasteiger partial charge >= 0.3 is 5.97 Å². The fourth-order valence-electron chi connectivity index (χ4n) is 2.99. The number of furan rings is 1. The molecule has 0 aliphatic carbocycles. The Kier molecular flexibility index (Phi) is 6.55. The van der Waals surface area contributed by atoms with Crippen molar-refractivity contribution in [3.8, 4) is 5.75 Å². The van der Waals surface area contributed by atoms with Crippen molar-refractivity contribution in [3.63, 3.8) is 0 Å². The summed E-state index contributed by atoms with van der Waals surface area (Å²) < 4.78 is 42.4. The smallest absolute Gasteiger partial charge is 0.374 e. The van der Waals surface area contributed by atoms with E-state index < -0.39 is 28.5 Å². The van der Waals surface area contributed by atoms with E-state index in [1.54, 1.807) is 0 Å². The highest BCUT2D eigenvalue weighted by molar-refractivity contribution is 7.89. The van der Waals surface area contributed by atoms with E-state index in [1.807, 2.05) is 0 Å². The number of rotatable bonds is 7. The molecule has 2 aromatic rings. The maximum atomic E-state index is 13.0. The lowest BCUT2D eigenvalue weighted by Crippen LogP contribution is -2.35. The molecule has 0 bridgehead atoms. The molecule has 1 aromatic carbocycles. The van der Waals surface area contributed by atoms with Crippen molar-refractivity contribution in [2.45, 2.75) is 24.2 Å². The average molecular weight is 422 g/mol. The van der Waals surface area contributed by atoms with Gasteiger partial charge in [-0.15, -0.1) is 0 Å². The fourth-order valence-corrected chi connectivity index (χ4v) is 4.69. The first-order chi connectivity index (χ1) is 13.9. The number of hydrogen-bond donors (Lipinski definition) is 1. The fraction of sp³-hybridized carbons (Fsp3) is 0.368. The molecule has 156 valence electrons. The molecular formula is C19H22N2O7S. The van der Waals surface area contributed by atoms with Crippen LogP contribution in [-0.2, 0) is 19.6 Å². The van der Waals surface area contributed by atoms with Crippen LogP contribution in [0.2, 0.25) is 0 Å². The van der Waals surface area contributed by atoms with E-state index >= 15 is 0 Å². The van der Waals surface area contributed by atoms with Crippen molar-refractivity contribution in [1.29, 1.82) is 0 Å². The molecule has 0 unspecified atom stereocenters. The van der Waals surface area contributed by atoms with Crippen molar-refractivity contribution in [2.75, 3.05) is 32.1 Å². The van der Waals surface area contributed by atoms with Crippen LogP contribution >= 0.6 is 0 Å². The Labute approximate surface area is 168 Å². The summed E-state index contributed by atoms with van der Waals surface area (Å²) in [5.74, 6) is -1.21. The summed E-state index contributed by atoms with van der Waals surface area (Å²) in [4.78, 5) is 23.8. The first-order valence-electron chi connectivity index (χ1n) is 9.10. The maximum Gasteiger partial charge on any atom is 0.374 e. The lowest BCUT2D eigenvalue weighted by Gasteiger charge is -2.26. The van der Waals surface area contributed by atoms with Crippen LogP contribution < -0.4 is 10.1 Å². The third-order valence-corrected chi connectivity index (χ3v) is 6.36. The van der Waals surface area contributed by atoms with Crippen LogP contribution in [0.25, 0.3) is 0 Å². The number of anilines is 1. The summed E-state index contributed by atoms with van der Waals surface area (Å²) in [5, 5.41) is 2.52. The van der Waals surface area contributed by atoms with Gasteiger partial charge in [0.25, 0.3) is 5.91 Å². The number of carbonyl (C=O) groups is 2. The maximum absolute atomic E-state index is 13.0. The number of piperidine rings is 1. The molecule has 0 radical (unpaired) electrons. The first kappa shape index (κ1) is 20.9. The highest BCUT2D eigenvalue weighted by Crippen LogP contribution is 2.31. The van der Waals surface area contributed by atoms with E-state index in [1.165, 1.54) is 48.0 Å². The van der Waals surface area contributed by atoms with Crippen molar-refractivity contribution in [2.24, 2.45) is 0 Å². The number of carbonyl (C=O) groups excluding carboxylic acids is 2. The minimum atomic E-state index is -3.76. The number of nitrogens with one attached hydrogen (secondary N) is 1. The molecule has 1 aliphatic heterocycles. The van der Waals surface area contributed by atoms with Crippen molar-refractivity contribution in [3.05, 3.63) is 42.4 Å². The third-order valence-electron chi connectivity index (χ3n) is 4.44. The van der Waals surface area contributed by atoms with Gasteiger partial charge in [0.15, 0.2) is 6.61 Å². The van der Waals surface area contributed by atoms with Gasteiger partial charge in [0.2, 0.25) is 15.8 Å². The van der Waals surface area contributed by atoms with Crippen LogP contribution in [0.1, 0.15) is 29.8 Å². The predicted octanol–water partition coefficient (Wildman–Crippen LogP) is 2.26. The van der Waals surface area contributed by atoms with E-state index in [0.29, 0.717) is 13.1 Å². The molecule has 1 amide bonds. The predicted molar refractivity (Wildman–Crippen MR) is 103 cm³/mol. The number of amides is 1. The second-order valence-corrected chi connectivity index (χ2v) is 8.34. The molecule has 0 spiro atoms. The lowest BCUT2D eigenvalue weighted by molar-refractivity contribution is -0.119. The van der Waals surface area contributed by atoms with E-state index in [4.69, 9.17) is 13.9 Å². The van der Waals surface area contributed by atoms with Crippen LogP contribution in [0, 0.1) is 0 Å². The SMILES string of the molecule is COc1ccc(NC(=O)COC(=O)c2ccco2)cc1S(=O)(=O)N1CCCCC1. The summed E-state index contributed by atoms with van der Waals surface area (Å²) in [6, 6.07) is 7.27. The van der Waals surface area contributed by atoms with Crippen LogP contribution in [0.4, 0.5) is 5.69 Å². The molecule has 3 rings (SSSR count). The van der Waals surface area contributed by atoms with Crippen molar-refractivity contribution in [1.82, 2.24) is 4.31 Å². The van der Waals surface area contributed by atoms with Gasteiger partial charge in [-0.1, -0.05) is 6.42 Å². The second-order valence-electron chi connectivity index (χ2n) is 6.43. The Morgan fingerprint density at radius 2 is 1.93 bits per heavy atom. The Balaban J connectivity index is 1.71. The van der Waals surface area contributed by atoms with Gasteiger partial charge in [0.1, 0.15) is 10.6 Å². The molecule has 2 heterocycles. The molecule has 1 fully saturated rings. The number of nitrogens with zero attached hydrogens (tertiary/aromatic N) is 1. The molecule has 1 saturated heterocycles. The Bertz CT molecular complexity index is 964. The van der Waals surface area contributed by atoms with E-state index in [9.17, 15) is 18.0 Å². The van der Waals surface area contributed by atoms with Crippen LogP contribution in [0.3, 0.4) is 0 Å². The minimum absolute atomic E-state index is 0.0165. The second kappa shape index (κ2) is 9.10. The molecular weight excluding hydrogens is 400 g/mol. The highest BCUT2D eigenvalue weighted by Gasteiger charge is 2.29. The highest BCUT2D eigenvalue weighted by atomic mass is 32.2. The number of hydrogen-bond acceptors (Lipinski definition) is 7. The monoisotopic (exact) mass is 422 g/mol. The van der Waals surface area contributed by atoms with Gasteiger partial charge in [-0.3, -0.25) is 4.79 Å². The minimum Gasteiger partial charge on any atom is -0.495 e. The molecule has 29 heavy (non-hydrogen) atoms. The normalized spacial score (nSPS) is 14.9. The molecule has 1 aromatic heterocycles. The molecule has 0 saturated carbocycles. The summed E-state index contributed by atoms with van der Waals surface area (Å²) in [6.45, 7) is 0.357. The first-order valence-corrected chi connectivity index (χ1v) is 10.5. The zero-order valence-corrected chi connectivity index (χ0v) is 16.7. The van der Waals surface area contributed by atoms with Gasteiger partial charge in [-0.05, 0) is 43.2 Å². The van der Waals surface area contributed by atoms with E-state index in [0.717, 1.165) is 19.3 Å². The molecule has 10 heteroatoms. The number of methoxy groups -OCH3 is 1. The van der Waals surface area contributed by atoms with Gasteiger partial charge in [-0.25, -0.2) is 13.2 Å². The topological polar surface area (TPSA) is 115 Å². The summed E-state index contributed by atoms with van der Waals surface area (Å²) in [7, 11) is -2.37.